The predicted molar refractivity (Wildman–Crippen MR) is 66.5 cm³/mol. The topological polar surface area (TPSA) is 42.4 Å². The Morgan fingerprint density at radius 1 is 1.47 bits per heavy atom. The third kappa shape index (κ3) is 2.82. The van der Waals surface area contributed by atoms with Gasteiger partial charge in [-0.25, -0.2) is 4.98 Å². The summed E-state index contributed by atoms with van der Waals surface area (Å²) >= 11 is 0. The Bertz CT molecular complexity index is 412. The van der Waals surface area contributed by atoms with Gasteiger partial charge in [0, 0.05) is 24.8 Å². The fourth-order valence-corrected chi connectivity index (χ4v) is 1.99. The van der Waals surface area contributed by atoms with Crippen LogP contribution in [0.15, 0.2) is 18.3 Å². The van der Waals surface area contributed by atoms with Gasteiger partial charge >= 0.3 is 0 Å². The molecule has 1 aromatic heterocycles. The van der Waals surface area contributed by atoms with Gasteiger partial charge in [-0.3, -0.25) is 4.79 Å². The Morgan fingerprint density at radius 2 is 2.24 bits per heavy atom. The minimum atomic E-state index is -0.140. The summed E-state index contributed by atoms with van der Waals surface area (Å²) in [5.74, 6) is 0.956. The number of nitrogens with zero attached hydrogens (tertiary/aromatic N) is 2. The van der Waals surface area contributed by atoms with Crippen molar-refractivity contribution in [3.05, 3.63) is 23.9 Å². The van der Waals surface area contributed by atoms with Crippen LogP contribution in [0.25, 0.3) is 0 Å². The molecule has 1 aromatic rings. The van der Waals surface area contributed by atoms with E-state index >= 15 is 0 Å². The van der Waals surface area contributed by atoms with Crippen LogP contribution in [0.2, 0.25) is 0 Å². The molecule has 0 saturated carbocycles. The standard InChI is InChI=1S/C13H18N2O2/c1-10(16)11-4-5-12(14-8-11)15-6-7-17-13(2,3)9-15/h4-5,8H,6-7,9H2,1-3H3. The Morgan fingerprint density at radius 3 is 2.76 bits per heavy atom. The molecule has 17 heavy (non-hydrogen) atoms. The molecule has 92 valence electrons. The lowest BCUT2D eigenvalue weighted by atomic mass is 10.1. The number of hydrogen-bond donors (Lipinski definition) is 0. The zero-order valence-corrected chi connectivity index (χ0v) is 10.6. The molecule has 0 bridgehead atoms. The van der Waals surface area contributed by atoms with Crippen LogP contribution >= 0.6 is 0 Å². The van der Waals surface area contributed by atoms with Crippen molar-refractivity contribution in [2.75, 3.05) is 24.6 Å². The highest BCUT2D eigenvalue weighted by Crippen LogP contribution is 2.21. The van der Waals surface area contributed by atoms with Crippen LogP contribution in [0.3, 0.4) is 0 Å². The molecule has 4 heteroatoms. The van der Waals surface area contributed by atoms with Crippen LogP contribution < -0.4 is 4.90 Å². The van der Waals surface area contributed by atoms with Crippen LogP contribution in [-0.2, 0) is 4.74 Å². The van der Waals surface area contributed by atoms with Crippen LogP contribution in [-0.4, -0.2) is 36.1 Å². The van der Waals surface area contributed by atoms with Gasteiger partial charge in [-0.05, 0) is 32.9 Å². The van der Waals surface area contributed by atoms with Gasteiger partial charge in [-0.2, -0.15) is 0 Å². The van der Waals surface area contributed by atoms with E-state index in [-0.39, 0.29) is 11.4 Å². The Kier molecular flexibility index (Phi) is 3.15. The van der Waals surface area contributed by atoms with Crippen LogP contribution in [0.5, 0.6) is 0 Å². The number of aromatic nitrogens is 1. The smallest absolute Gasteiger partial charge is 0.161 e. The highest BCUT2D eigenvalue weighted by atomic mass is 16.5. The largest absolute Gasteiger partial charge is 0.372 e. The second-order valence-electron chi connectivity index (χ2n) is 4.99. The summed E-state index contributed by atoms with van der Waals surface area (Å²) in [6.45, 7) is 8.07. The average molecular weight is 234 g/mol. The van der Waals surface area contributed by atoms with Crippen molar-refractivity contribution >= 4 is 11.6 Å². The first-order chi connectivity index (χ1) is 7.98. The number of morpholine rings is 1. The number of hydrogen-bond acceptors (Lipinski definition) is 4. The average Bonchev–Trinajstić information content (AvgIpc) is 2.28. The molecule has 0 atom stereocenters. The van der Waals surface area contributed by atoms with Crippen LogP contribution in [0, 0.1) is 0 Å². The summed E-state index contributed by atoms with van der Waals surface area (Å²) < 4.78 is 5.66. The molecule has 1 aliphatic heterocycles. The number of Topliss-reactive ketones (excluding diaryl/α,β-unsaturated/α-hetero) is 1. The molecule has 0 spiro atoms. The Hall–Kier alpha value is -1.42. The van der Waals surface area contributed by atoms with Crippen molar-refractivity contribution in [2.45, 2.75) is 26.4 Å². The predicted octanol–water partition coefficient (Wildman–Crippen LogP) is 1.90. The molecular weight excluding hydrogens is 216 g/mol. The molecule has 0 unspecified atom stereocenters. The molecular formula is C13H18N2O2. The fourth-order valence-electron chi connectivity index (χ4n) is 1.99. The number of carbonyl (C=O) groups excluding carboxylic acids is 1. The summed E-state index contributed by atoms with van der Waals surface area (Å²) in [4.78, 5) is 17.7. The molecule has 2 heterocycles. The van der Waals surface area contributed by atoms with Crippen molar-refractivity contribution < 1.29 is 9.53 Å². The van der Waals surface area contributed by atoms with E-state index in [4.69, 9.17) is 4.74 Å². The monoisotopic (exact) mass is 234 g/mol. The lowest BCUT2D eigenvalue weighted by molar-refractivity contribution is -0.0279. The molecule has 2 rings (SSSR count). The number of pyridine rings is 1. The second kappa shape index (κ2) is 4.45. The molecule has 1 saturated heterocycles. The minimum absolute atomic E-state index is 0.0476. The third-order valence-corrected chi connectivity index (χ3v) is 2.90. The van der Waals surface area contributed by atoms with Gasteiger partial charge in [-0.15, -0.1) is 0 Å². The summed E-state index contributed by atoms with van der Waals surface area (Å²) in [6, 6.07) is 3.73. The molecule has 0 N–H and O–H groups in total. The SMILES string of the molecule is CC(=O)c1ccc(N2CCOC(C)(C)C2)nc1. The van der Waals surface area contributed by atoms with E-state index in [1.807, 2.05) is 12.1 Å². The van der Waals surface area contributed by atoms with E-state index in [2.05, 4.69) is 23.7 Å². The summed E-state index contributed by atoms with van der Waals surface area (Å²) in [7, 11) is 0. The summed E-state index contributed by atoms with van der Waals surface area (Å²) in [5, 5.41) is 0. The fraction of sp³-hybridized carbons (Fsp3) is 0.538. The molecule has 0 aliphatic carbocycles. The van der Waals surface area contributed by atoms with E-state index in [9.17, 15) is 4.79 Å². The maximum atomic E-state index is 11.2. The zero-order chi connectivity index (χ0) is 12.5. The van der Waals surface area contributed by atoms with Crippen LogP contribution in [0.1, 0.15) is 31.1 Å². The summed E-state index contributed by atoms with van der Waals surface area (Å²) in [6.07, 6.45) is 1.64. The molecule has 4 nitrogen and oxygen atoms in total. The highest BCUT2D eigenvalue weighted by molar-refractivity contribution is 5.93. The van der Waals surface area contributed by atoms with Crippen LogP contribution in [0.4, 0.5) is 5.82 Å². The van der Waals surface area contributed by atoms with E-state index in [0.29, 0.717) is 12.2 Å². The number of anilines is 1. The first-order valence-corrected chi connectivity index (χ1v) is 5.84. The lowest BCUT2D eigenvalue weighted by Crippen LogP contribution is -2.48. The van der Waals surface area contributed by atoms with Gasteiger partial charge in [-0.1, -0.05) is 0 Å². The van der Waals surface area contributed by atoms with Gasteiger partial charge in [0.15, 0.2) is 5.78 Å². The third-order valence-electron chi connectivity index (χ3n) is 2.90. The van der Waals surface area contributed by atoms with E-state index in [1.54, 1.807) is 13.1 Å². The number of carbonyl (C=O) groups is 1. The lowest BCUT2D eigenvalue weighted by Gasteiger charge is -2.38. The van der Waals surface area contributed by atoms with Crippen molar-refractivity contribution in [1.82, 2.24) is 4.98 Å². The molecule has 0 aromatic carbocycles. The first-order valence-electron chi connectivity index (χ1n) is 5.84. The molecule has 1 fully saturated rings. The maximum absolute atomic E-state index is 11.2. The Balaban J connectivity index is 2.14. The number of rotatable bonds is 2. The van der Waals surface area contributed by atoms with Crippen molar-refractivity contribution in [3.63, 3.8) is 0 Å². The Labute approximate surface area is 102 Å². The van der Waals surface area contributed by atoms with Gasteiger partial charge < -0.3 is 9.64 Å². The second-order valence-corrected chi connectivity index (χ2v) is 4.99. The molecule has 0 amide bonds. The maximum Gasteiger partial charge on any atom is 0.161 e. The van der Waals surface area contributed by atoms with E-state index < -0.39 is 0 Å². The normalized spacial score (nSPS) is 19.1. The van der Waals surface area contributed by atoms with E-state index in [1.165, 1.54) is 0 Å². The zero-order valence-electron chi connectivity index (χ0n) is 10.6. The quantitative estimate of drug-likeness (QED) is 0.733. The molecule has 1 aliphatic rings. The minimum Gasteiger partial charge on any atom is -0.372 e. The highest BCUT2D eigenvalue weighted by Gasteiger charge is 2.27. The van der Waals surface area contributed by atoms with Gasteiger partial charge in [0.1, 0.15) is 5.82 Å². The number of ether oxygens (including phenoxy) is 1. The molecule has 0 radical (unpaired) electrons. The van der Waals surface area contributed by atoms with Gasteiger partial charge in [0.05, 0.1) is 12.2 Å². The summed E-state index contributed by atoms with van der Waals surface area (Å²) in [5.41, 5.74) is 0.514. The van der Waals surface area contributed by atoms with Crippen molar-refractivity contribution in [3.8, 4) is 0 Å². The van der Waals surface area contributed by atoms with Gasteiger partial charge in [0.25, 0.3) is 0 Å². The van der Waals surface area contributed by atoms with Crippen molar-refractivity contribution in [2.24, 2.45) is 0 Å². The van der Waals surface area contributed by atoms with Gasteiger partial charge in [0.2, 0.25) is 0 Å². The van der Waals surface area contributed by atoms with Crippen molar-refractivity contribution in [1.29, 1.82) is 0 Å². The number of ketones is 1. The van der Waals surface area contributed by atoms with E-state index in [0.717, 1.165) is 18.9 Å². The first kappa shape index (κ1) is 12.0.